The van der Waals surface area contributed by atoms with Gasteiger partial charge in [-0.15, -0.1) is 5.10 Å². The molecule has 4 aromatic rings. The summed E-state index contributed by atoms with van der Waals surface area (Å²) in [5, 5.41) is 23.3. The summed E-state index contributed by atoms with van der Waals surface area (Å²) in [6, 6.07) is 17.4. The molecule has 2 heterocycles. The zero-order valence-corrected chi connectivity index (χ0v) is 19.7. The summed E-state index contributed by atoms with van der Waals surface area (Å²) in [6.07, 6.45) is 0. The van der Waals surface area contributed by atoms with Crippen LogP contribution < -0.4 is 15.2 Å². The molecule has 0 aliphatic carbocycles. The van der Waals surface area contributed by atoms with Gasteiger partial charge in [0, 0.05) is 16.8 Å². The lowest BCUT2D eigenvalue weighted by molar-refractivity contribution is -0.950. The number of aliphatic hydroxyl groups is 1. The number of aromatic amines is 1. The number of benzene rings is 2. The molecule has 2 aromatic heterocycles. The number of aromatic nitrogens is 5. The normalized spacial score (nSPS) is 13.3. The number of hydrogen-bond donors (Lipinski definition) is 3. The van der Waals surface area contributed by atoms with Crippen molar-refractivity contribution in [2.75, 3.05) is 20.3 Å². The van der Waals surface area contributed by atoms with Gasteiger partial charge in [0.1, 0.15) is 18.8 Å². The van der Waals surface area contributed by atoms with Gasteiger partial charge in [0.2, 0.25) is 5.82 Å². The van der Waals surface area contributed by atoms with Gasteiger partial charge < -0.3 is 19.7 Å². The minimum Gasteiger partial charge on any atom is -0.497 e. The number of nitrogens with one attached hydrogen (secondary N) is 2. The number of tetrazole rings is 1. The van der Waals surface area contributed by atoms with Gasteiger partial charge in [-0.3, -0.25) is 4.79 Å². The zero-order valence-electron chi connectivity index (χ0n) is 19.7. The van der Waals surface area contributed by atoms with Crippen molar-refractivity contribution < 1.29 is 14.7 Å². The minimum atomic E-state index is -0.139. The van der Waals surface area contributed by atoms with E-state index in [0.717, 1.165) is 32.9 Å². The van der Waals surface area contributed by atoms with Gasteiger partial charge in [0.05, 0.1) is 25.8 Å². The molecule has 2 aromatic carbocycles. The maximum absolute atomic E-state index is 12.9. The zero-order chi connectivity index (χ0) is 24.1. The summed E-state index contributed by atoms with van der Waals surface area (Å²) in [4.78, 5) is 16.9. The summed E-state index contributed by atoms with van der Waals surface area (Å²) in [6.45, 7) is 5.63. The van der Waals surface area contributed by atoms with Gasteiger partial charge >= 0.3 is 0 Å². The van der Waals surface area contributed by atoms with E-state index in [4.69, 9.17) is 4.74 Å². The van der Waals surface area contributed by atoms with E-state index in [9.17, 15) is 9.90 Å². The highest BCUT2D eigenvalue weighted by molar-refractivity contribution is 5.80. The second kappa shape index (κ2) is 10.6. The maximum atomic E-state index is 12.9. The second-order valence-corrected chi connectivity index (χ2v) is 8.79. The first-order valence-electron chi connectivity index (χ1n) is 11.5. The van der Waals surface area contributed by atoms with Crippen molar-refractivity contribution in [3.05, 3.63) is 81.9 Å². The average Bonchev–Trinajstić information content (AvgIpc) is 3.27. The summed E-state index contributed by atoms with van der Waals surface area (Å²) in [5.41, 5.74) is 2.35. The van der Waals surface area contributed by atoms with Crippen LogP contribution in [0.4, 0.5) is 0 Å². The van der Waals surface area contributed by atoms with Crippen molar-refractivity contribution in [3.63, 3.8) is 0 Å². The maximum Gasteiger partial charge on any atom is 0.257 e. The molecule has 9 nitrogen and oxygen atoms in total. The van der Waals surface area contributed by atoms with Crippen LogP contribution in [0.3, 0.4) is 0 Å². The predicted molar refractivity (Wildman–Crippen MR) is 129 cm³/mol. The van der Waals surface area contributed by atoms with Crippen molar-refractivity contribution in [1.29, 1.82) is 0 Å². The Hall–Kier alpha value is -3.56. The predicted octanol–water partition coefficient (Wildman–Crippen LogP) is 1.35. The first-order chi connectivity index (χ1) is 16.5. The molecule has 3 N–H and O–H groups in total. The number of aliphatic hydroxyl groups excluding tert-OH is 1. The van der Waals surface area contributed by atoms with Crippen LogP contribution in [0.5, 0.6) is 5.75 Å². The molecule has 34 heavy (non-hydrogen) atoms. The van der Waals surface area contributed by atoms with Crippen LogP contribution in [0.2, 0.25) is 0 Å². The Kier molecular flexibility index (Phi) is 7.34. The third-order valence-electron chi connectivity index (χ3n) is 6.10. The van der Waals surface area contributed by atoms with Gasteiger partial charge in [-0.2, -0.15) is 0 Å². The Morgan fingerprint density at radius 2 is 1.94 bits per heavy atom. The number of rotatable bonds is 10. The first-order valence-corrected chi connectivity index (χ1v) is 11.5. The van der Waals surface area contributed by atoms with Crippen molar-refractivity contribution in [2.24, 2.45) is 5.92 Å². The lowest BCUT2D eigenvalue weighted by Crippen LogP contribution is -3.12. The first kappa shape index (κ1) is 23.6. The fourth-order valence-electron chi connectivity index (χ4n) is 4.49. The van der Waals surface area contributed by atoms with Crippen molar-refractivity contribution in [3.8, 4) is 5.75 Å². The average molecular weight is 464 g/mol. The van der Waals surface area contributed by atoms with Crippen LogP contribution in [-0.2, 0) is 13.1 Å². The van der Waals surface area contributed by atoms with E-state index in [2.05, 4.69) is 34.4 Å². The van der Waals surface area contributed by atoms with Crippen molar-refractivity contribution >= 4 is 10.9 Å². The molecule has 0 saturated carbocycles. The van der Waals surface area contributed by atoms with Gasteiger partial charge in [-0.05, 0) is 40.3 Å². The summed E-state index contributed by atoms with van der Waals surface area (Å²) in [7, 11) is 1.62. The Bertz CT molecular complexity index is 1280. The number of quaternary nitrogens is 1. The Morgan fingerprint density at radius 1 is 1.15 bits per heavy atom. The molecule has 0 radical (unpaired) electrons. The Labute approximate surface area is 198 Å². The highest BCUT2D eigenvalue weighted by Crippen LogP contribution is 2.20. The lowest BCUT2D eigenvalue weighted by Gasteiger charge is -2.30. The lowest BCUT2D eigenvalue weighted by atomic mass is 10.00. The molecule has 0 aliphatic rings. The van der Waals surface area contributed by atoms with Crippen LogP contribution in [-0.4, -0.2) is 50.6 Å². The molecule has 4 rings (SSSR count). The summed E-state index contributed by atoms with van der Waals surface area (Å²) >= 11 is 0. The fourth-order valence-corrected chi connectivity index (χ4v) is 4.49. The molecule has 0 aliphatic heterocycles. The molecule has 0 spiro atoms. The topological polar surface area (TPSA) is 110 Å². The number of pyridine rings is 1. The monoisotopic (exact) mass is 463 g/mol. The number of ether oxygens (including phenoxy) is 1. The van der Waals surface area contributed by atoms with Crippen LogP contribution >= 0.6 is 0 Å². The van der Waals surface area contributed by atoms with E-state index in [0.29, 0.717) is 25.2 Å². The number of H-pyrrole nitrogens is 1. The number of fused-ring (bicyclic) bond motifs is 1. The third-order valence-corrected chi connectivity index (χ3v) is 6.10. The van der Waals surface area contributed by atoms with E-state index in [1.54, 1.807) is 7.11 Å². The molecule has 178 valence electrons. The Morgan fingerprint density at radius 3 is 2.65 bits per heavy atom. The molecule has 1 unspecified atom stereocenters. The smallest absolute Gasteiger partial charge is 0.257 e. The van der Waals surface area contributed by atoms with E-state index >= 15 is 0 Å². The van der Waals surface area contributed by atoms with Gasteiger partial charge in [-0.1, -0.05) is 44.2 Å². The summed E-state index contributed by atoms with van der Waals surface area (Å²) < 4.78 is 7.15. The number of hydrogen-bond acceptors (Lipinski definition) is 6. The molecular formula is C25H31N6O3+. The molecule has 2 atom stereocenters. The molecule has 0 bridgehead atoms. The van der Waals surface area contributed by atoms with Crippen LogP contribution in [0.1, 0.15) is 36.8 Å². The largest absolute Gasteiger partial charge is 0.497 e. The van der Waals surface area contributed by atoms with E-state index < -0.39 is 0 Å². The molecule has 0 amide bonds. The summed E-state index contributed by atoms with van der Waals surface area (Å²) in [5.74, 6) is 1.63. The van der Waals surface area contributed by atoms with Crippen molar-refractivity contribution in [1.82, 2.24) is 25.2 Å². The second-order valence-electron chi connectivity index (χ2n) is 8.79. The minimum absolute atomic E-state index is 0.0158. The van der Waals surface area contributed by atoms with Crippen molar-refractivity contribution in [2.45, 2.75) is 33.0 Å². The highest BCUT2D eigenvalue weighted by Gasteiger charge is 2.33. The van der Waals surface area contributed by atoms with Crippen LogP contribution in [0, 0.1) is 5.92 Å². The third kappa shape index (κ3) is 5.16. The molecule has 0 saturated heterocycles. The van der Waals surface area contributed by atoms with Crippen LogP contribution in [0.25, 0.3) is 10.9 Å². The molecule has 9 heteroatoms. The van der Waals surface area contributed by atoms with E-state index in [1.807, 2.05) is 59.3 Å². The SMILES string of the molecule is COc1ccc2[nH]c(=O)c(C[NH+](CCO)[C@H](c3nnnn3Cc3ccccc3)C(C)C)cc2c1. The molecule has 0 fully saturated rings. The Balaban J connectivity index is 1.69. The standard InChI is InChI=1S/C25H30N6O3/c1-17(2)23(24-27-28-29-31(24)15-18-7-5-4-6-8-18)30(11-12-32)16-20-13-19-14-21(34-3)9-10-22(19)26-25(20)33/h4-10,13-14,17,23,32H,11-12,15-16H2,1-3H3,(H,26,33)/p+1/t23-/m0/s1. The van der Waals surface area contributed by atoms with E-state index in [-0.39, 0.29) is 24.1 Å². The number of methoxy groups -OCH3 is 1. The van der Waals surface area contributed by atoms with Crippen LogP contribution in [0.15, 0.2) is 59.4 Å². The quantitative estimate of drug-likeness (QED) is 0.327. The van der Waals surface area contributed by atoms with Gasteiger partial charge in [0.25, 0.3) is 5.56 Å². The highest BCUT2D eigenvalue weighted by atomic mass is 16.5. The van der Waals surface area contributed by atoms with Gasteiger partial charge in [0.15, 0.2) is 6.04 Å². The fraction of sp³-hybridized carbons (Fsp3) is 0.360. The van der Waals surface area contributed by atoms with E-state index in [1.165, 1.54) is 0 Å². The number of nitrogens with zero attached hydrogens (tertiary/aromatic N) is 4. The molecular weight excluding hydrogens is 432 g/mol. The van der Waals surface area contributed by atoms with Gasteiger partial charge in [-0.25, -0.2) is 4.68 Å².